The number of esters is 1. The lowest BCUT2D eigenvalue weighted by Gasteiger charge is -2.39. The van der Waals surface area contributed by atoms with E-state index in [1.807, 2.05) is 65.6 Å². The Morgan fingerprint density at radius 2 is 1.75 bits per heavy atom. The van der Waals surface area contributed by atoms with Crippen LogP contribution in [0.4, 0.5) is 0 Å². The number of aliphatic hydroxyl groups is 1. The molecule has 1 aliphatic rings. The molecule has 0 saturated carbocycles. The zero-order valence-electron chi connectivity index (χ0n) is 24.5. The topological polar surface area (TPSA) is 128 Å². The van der Waals surface area contributed by atoms with Crippen molar-refractivity contribution in [2.75, 3.05) is 47.0 Å². The van der Waals surface area contributed by atoms with E-state index in [-0.39, 0.29) is 50.0 Å². The summed E-state index contributed by atoms with van der Waals surface area (Å²) in [5.74, 6) is 0.547. The molecule has 0 bridgehead atoms. The van der Waals surface area contributed by atoms with Gasteiger partial charge in [0.25, 0.3) is 0 Å². The van der Waals surface area contributed by atoms with Crippen LogP contribution in [0.25, 0.3) is 10.9 Å². The predicted octanol–water partition coefficient (Wildman–Crippen LogP) is 3.11. The highest BCUT2D eigenvalue weighted by molar-refractivity contribution is 7.89. The minimum Gasteiger partial charge on any atom is -0.493 e. The zero-order valence-corrected chi connectivity index (χ0v) is 25.4. The average Bonchev–Trinajstić information content (AvgIpc) is 3.06. The van der Waals surface area contributed by atoms with Crippen LogP contribution in [-0.2, 0) is 26.2 Å². The van der Waals surface area contributed by atoms with Crippen LogP contribution in [0, 0.1) is 0 Å². The van der Waals surface area contributed by atoms with Crippen LogP contribution in [-0.4, -0.2) is 92.8 Å². The van der Waals surface area contributed by atoms with Gasteiger partial charge in [-0.15, -0.1) is 0 Å². The summed E-state index contributed by atoms with van der Waals surface area (Å²) in [6.07, 6.45) is 0.796. The number of nitrogens with zero attached hydrogens (tertiary/aromatic N) is 3. The maximum absolute atomic E-state index is 13.9. The molecule has 5 rings (SSSR count). The highest BCUT2D eigenvalue weighted by Crippen LogP contribution is 2.32. The predicted molar refractivity (Wildman–Crippen MR) is 163 cm³/mol. The first-order valence-electron chi connectivity index (χ1n) is 14.1. The number of pyridine rings is 1. The van der Waals surface area contributed by atoms with Gasteiger partial charge in [-0.3, -0.25) is 14.7 Å². The molecule has 0 amide bonds. The Morgan fingerprint density at radius 1 is 0.955 bits per heavy atom. The Balaban J connectivity index is 1.31. The van der Waals surface area contributed by atoms with Crippen LogP contribution < -0.4 is 14.2 Å². The number of carbonyl (C=O) groups is 1. The van der Waals surface area contributed by atoms with E-state index in [1.165, 1.54) is 32.4 Å². The molecule has 1 unspecified atom stereocenters. The van der Waals surface area contributed by atoms with Gasteiger partial charge in [0.05, 0.1) is 24.6 Å². The first kappa shape index (κ1) is 31.2. The third-order valence-electron chi connectivity index (χ3n) is 7.38. The van der Waals surface area contributed by atoms with Gasteiger partial charge in [0.2, 0.25) is 10.0 Å². The fraction of sp³-hybridized carbons (Fsp3) is 0.312. The Labute approximate surface area is 256 Å². The third kappa shape index (κ3) is 7.11. The van der Waals surface area contributed by atoms with Crippen molar-refractivity contribution in [3.8, 4) is 17.2 Å². The summed E-state index contributed by atoms with van der Waals surface area (Å²) in [6, 6.07) is 21.5. The molecule has 1 aromatic heterocycles. The van der Waals surface area contributed by atoms with E-state index in [4.69, 9.17) is 18.9 Å². The van der Waals surface area contributed by atoms with E-state index in [0.717, 1.165) is 20.8 Å². The summed E-state index contributed by atoms with van der Waals surface area (Å²) in [5.41, 5.74) is 1.56. The van der Waals surface area contributed by atoms with Crippen molar-refractivity contribution >= 4 is 26.9 Å². The number of β-amino-alcohol motifs (C(OH)–C–C–N with tert-alkyl or cyclic N) is 1. The van der Waals surface area contributed by atoms with E-state index in [1.54, 1.807) is 6.20 Å². The number of piperazine rings is 1. The van der Waals surface area contributed by atoms with Gasteiger partial charge < -0.3 is 24.1 Å². The minimum atomic E-state index is -4.14. The van der Waals surface area contributed by atoms with Crippen molar-refractivity contribution in [3.05, 3.63) is 90.6 Å². The number of aromatic nitrogens is 1. The average molecular weight is 622 g/mol. The van der Waals surface area contributed by atoms with Gasteiger partial charge in [-0.1, -0.05) is 36.4 Å². The summed E-state index contributed by atoms with van der Waals surface area (Å²) in [4.78, 5) is 19.6. The van der Waals surface area contributed by atoms with Crippen LogP contribution in [0.15, 0.2) is 90.0 Å². The molecule has 4 aromatic rings. The van der Waals surface area contributed by atoms with Gasteiger partial charge in [-0.25, -0.2) is 8.42 Å². The highest BCUT2D eigenvalue weighted by atomic mass is 32.2. The number of hydrogen-bond acceptors (Lipinski definition) is 10. The molecule has 0 aliphatic carbocycles. The van der Waals surface area contributed by atoms with Gasteiger partial charge in [0.1, 0.15) is 31.1 Å². The molecule has 1 aliphatic heterocycles. The fourth-order valence-electron chi connectivity index (χ4n) is 5.14. The molecule has 232 valence electrons. The van der Waals surface area contributed by atoms with Crippen molar-refractivity contribution in [2.45, 2.75) is 23.6 Å². The van der Waals surface area contributed by atoms with E-state index in [2.05, 4.69) is 4.98 Å². The Bertz CT molecular complexity index is 1680. The van der Waals surface area contributed by atoms with Crippen molar-refractivity contribution in [2.24, 2.45) is 0 Å². The first-order chi connectivity index (χ1) is 21.3. The highest BCUT2D eigenvalue weighted by Gasteiger charge is 2.41. The maximum Gasteiger partial charge on any atom is 0.326 e. The van der Waals surface area contributed by atoms with Gasteiger partial charge in [0, 0.05) is 43.8 Å². The Hall–Kier alpha value is -4.23. The smallest absolute Gasteiger partial charge is 0.326 e. The SMILES string of the molecule is COc1ccc(S(=O)(=O)N2CCN(C[C@@H](O)COc3cccc4ncccc34)CC2C(=O)OCc2ccccc2)cc1OC. The molecule has 3 aromatic carbocycles. The van der Waals surface area contributed by atoms with E-state index >= 15 is 0 Å². The maximum atomic E-state index is 13.9. The number of methoxy groups -OCH3 is 2. The van der Waals surface area contributed by atoms with Crippen LogP contribution in [0.5, 0.6) is 17.2 Å². The molecule has 2 atom stereocenters. The summed E-state index contributed by atoms with van der Waals surface area (Å²) in [7, 11) is -1.26. The second kappa shape index (κ2) is 14.0. The molecule has 0 spiro atoms. The van der Waals surface area contributed by atoms with Crippen molar-refractivity contribution < 1.29 is 37.3 Å². The minimum absolute atomic E-state index is 0.00127. The van der Waals surface area contributed by atoms with Gasteiger partial charge in [0.15, 0.2) is 11.5 Å². The summed E-state index contributed by atoms with van der Waals surface area (Å²) >= 11 is 0. The monoisotopic (exact) mass is 621 g/mol. The van der Waals surface area contributed by atoms with Crippen molar-refractivity contribution in [1.82, 2.24) is 14.2 Å². The lowest BCUT2D eigenvalue weighted by molar-refractivity contribution is -0.151. The van der Waals surface area contributed by atoms with Crippen LogP contribution >= 0.6 is 0 Å². The van der Waals surface area contributed by atoms with Crippen molar-refractivity contribution in [1.29, 1.82) is 0 Å². The van der Waals surface area contributed by atoms with E-state index < -0.39 is 28.1 Å². The second-order valence-electron chi connectivity index (χ2n) is 10.3. The molecular formula is C32H35N3O8S. The fourth-order valence-corrected chi connectivity index (χ4v) is 6.72. The lowest BCUT2D eigenvalue weighted by atomic mass is 10.2. The number of sulfonamides is 1. The lowest BCUT2D eigenvalue weighted by Crippen LogP contribution is -2.59. The van der Waals surface area contributed by atoms with Crippen molar-refractivity contribution in [3.63, 3.8) is 0 Å². The molecule has 2 heterocycles. The van der Waals surface area contributed by atoms with Crippen LogP contribution in [0.2, 0.25) is 0 Å². The summed E-state index contributed by atoms with van der Waals surface area (Å²) < 4.78 is 51.0. The van der Waals surface area contributed by atoms with E-state index in [9.17, 15) is 18.3 Å². The number of rotatable bonds is 12. The van der Waals surface area contributed by atoms with Crippen LogP contribution in [0.1, 0.15) is 5.56 Å². The molecule has 1 N–H and O–H groups in total. The zero-order chi connectivity index (χ0) is 31.1. The molecule has 0 radical (unpaired) electrons. The normalized spacial score (nSPS) is 16.8. The number of carbonyl (C=O) groups excluding carboxylic acids is 1. The largest absolute Gasteiger partial charge is 0.493 e. The number of ether oxygens (including phenoxy) is 4. The number of hydrogen-bond donors (Lipinski definition) is 1. The quantitative estimate of drug-likeness (QED) is 0.236. The van der Waals surface area contributed by atoms with Gasteiger partial charge in [-0.2, -0.15) is 4.31 Å². The molecule has 1 fully saturated rings. The number of aliphatic hydroxyl groups excluding tert-OH is 1. The van der Waals surface area contributed by atoms with Gasteiger partial charge >= 0.3 is 5.97 Å². The third-order valence-corrected chi connectivity index (χ3v) is 9.28. The molecule has 11 nitrogen and oxygen atoms in total. The summed E-state index contributed by atoms with van der Waals surface area (Å²) in [5, 5.41) is 11.7. The Morgan fingerprint density at radius 3 is 2.52 bits per heavy atom. The standard InChI is InChI=1S/C32H35N3O8S/c1-40-30-14-13-25(18-31(30)41-2)44(38,39)35-17-16-34(20-28(35)32(37)43-21-23-8-4-3-5-9-23)19-24(36)22-42-29-12-6-11-27-26(29)10-7-15-33-27/h3-15,18,24,28,36H,16-17,19-22H2,1-2H3/t24-,28?/m1/s1. The molecule has 1 saturated heterocycles. The molecule has 12 heteroatoms. The number of benzene rings is 3. The molecular weight excluding hydrogens is 586 g/mol. The molecule has 44 heavy (non-hydrogen) atoms. The van der Waals surface area contributed by atoms with E-state index in [0.29, 0.717) is 11.5 Å². The second-order valence-corrected chi connectivity index (χ2v) is 12.2. The number of fused-ring (bicyclic) bond motifs is 1. The Kier molecular flexibility index (Phi) is 9.95. The first-order valence-corrected chi connectivity index (χ1v) is 15.6. The summed E-state index contributed by atoms with van der Waals surface area (Å²) in [6.45, 7) is 0.470. The van der Waals surface area contributed by atoms with Crippen LogP contribution in [0.3, 0.4) is 0 Å². The van der Waals surface area contributed by atoms with Gasteiger partial charge in [-0.05, 0) is 42.0 Å².